The highest BCUT2D eigenvalue weighted by Gasteiger charge is 2.08. The van der Waals surface area contributed by atoms with E-state index in [0.29, 0.717) is 6.42 Å². The molecule has 3 heteroatoms. The van der Waals surface area contributed by atoms with Crippen molar-refractivity contribution in [3.63, 3.8) is 0 Å². The molecule has 114 valence electrons. The maximum absolute atomic E-state index is 11.9. The van der Waals surface area contributed by atoms with E-state index in [0.717, 1.165) is 16.3 Å². The van der Waals surface area contributed by atoms with Crippen LogP contribution < -0.4 is 0 Å². The quantitative estimate of drug-likeness (QED) is 0.352. The summed E-state index contributed by atoms with van der Waals surface area (Å²) in [6.07, 6.45) is 15.5. The number of thiazole rings is 1. The lowest BCUT2D eigenvalue weighted by molar-refractivity contribution is 0.0983. The molecule has 0 atom stereocenters. The summed E-state index contributed by atoms with van der Waals surface area (Å²) in [7, 11) is 0. The molecular weight excluding hydrogens is 266 g/mol. The summed E-state index contributed by atoms with van der Waals surface area (Å²) >= 11 is 1.52. The molecule has 0 radical (unpaired) electrons. The van der Waals surface area contributed by atoms with Gasteiger partial charge in [-0.1, -0.05) is 64.7 Å². The van der Waals surface area contributed by atoms with E-state index >= 15 is 0 Å². The average Bonchev–Trinajstić information content (AvgIpc) is 2.87. The zero-order valence-electron chi connectivity index (χ0n) is 13.1. The number of nitrogens with zero attached hydrogens (tertiary/aromatic N) is 1. The molecule has 0 unspecified atom stereocenters. The van der Waals surface area contributed by atoms with Crippen LogP contribution in [-0.4, -0.2) is 10.8 Å². The molecule has 2 nitrogen and oxygen atoms in total. The minimum atomic E-state index is 0.273. The first-order valence-electron chi connectivity index (χ1n) is 8.19. The minimum Gasteiger partial charge on any atom is -0.293 e. The van der Waals surface area contributed by atoms with Crippen LogP contribution in [0.25, 0.3) is 0 Å². The van der Waals surface area contributed by atoms with Gasteiger partial charge in [-0.05, 0) is 13.3 Å². The largest absolute Gasteiger partial charge is 0.293 e. The molecular formula is C17H29NOS. The predicted octanol–water partition coefficient (Wildman–Crippen LogP) is 5.95. The van der Waals surface area contributed by atoms with Gasteiger partial charge in [-0.3, -0.25) is 4.79 Å². The van der Waals surface area contributed by atoms with Crippen molar-refractivity contribution in [1.82, 2.24) is 4.98 Å². The minimum absolute atomic E-state index is 0.273. The summed E-state index contributed by atoms with van der Waals surface area (Å²) in [4.78, 5) is 16.8. The molecule has 0 fully saturated rings. The maximum Gasteiger partial charge on any atom is 0.174 e. The first-order chi connectivity index (χ1) is 9.74. The predicted molar refractivity (Wildman–Crippen MR) is 87.6 cm³/mol. The van der Waals surface area contributed by atoms with Crippen molar-refractivity contribution in [2.75, 3.05) is 0 Å². The van der Waals surface area contributed by atoms with Gasteiger partial charge in [0.25, 0.3) is 0 Å². The van der Waals surface area contributed by atoms with E-state index in [1.165, 1.54) is 69.1 Å². The summed E-state index contributed by atoms with van der Waals surface area (Å²) < 4.78 is 0. The summed E-state index contributed by atoms with van der Waals surface area (Å²) in [5, 5.41) is 0.983. The number of ketones is 1. The number of aryl methyl sites for hydroxylation is 1. The number of Topliss-reactive ketones (excluding diaryl/α,β-unsaturated/α-hetero) is 1. The molecule has 0 saturated carbocycles. The molecule has 1 aromatic heterocycles. The van der Waals surface area contributed by atoms with Crippen molar-refractivity contribution in [2.45, 2.75) is 84.5 Å². The van der Waals surface area contributed by atoms with Gasteiger partial charge in [0.1, 0.15) is 0 Å². The van der Waals surface area contributed by atoms with Gasteiger partial charge in [0, 0.05) is 12.6 Å². The van der Waals surface area contributed by atoms with Crippen molar-refractivity contribution in [1.29, 1.82) is 0 Å². The van der Waals surface area contributed by atoms with Crippen LogP contribution >= 0.6 is 11.3 Å². The molecule has 1 heterocycles. The third-order valence-corrected chi connectivity index (χ3v) is 4.61. The van der Waals surface area contributed by atoms with Crippen molar-refractivity contribution in [3.8, 4) is 0 Å². The normalized spacial score (nSPS) is 10.9. The molecule has 0 saturated heterocycles. The Bertz CT molecular complexity index is 373. The maximum atomic E-state index is 11.9. The van der Waals surface area contributed by atoms with Crippen LogP contribution in [-0.2, 0) is 0 Å². The fraction of sp³-hybridized carbons (Fsp3) is 0.765. The Morgan fingerprint density at radius 3 is 2.05 bits per heavy atom. The van der Waals surface area contributed by atoms with Gasteiger partial charge in [-0.2, -0.15) is 0 Å². The smallest absolute Gasteiger partial charge is 0.174 e. The Balaban J connectivity index is 1.91. The third-order valence-electron chi connectivity index (χ3n) is 3.65. The molecule has 0 aromatic carbocycles. The van der Waals surface area contributed by atoms with Crippen molar-refractivity contribution >= 4 is 17.1 Å². The van der Waals surface area contributed by atoms with E-state index in [-0.39, 0.29) is 5.78 Å². The topological polar surface area (TPSA) is 30.0 Å². The number of rotatable bonds is 12. The van der Waals surface area contributed by atoms with E-state index < -0.39 is 0 Å². The Hall–Kier alpha value is -0.700. The zero-order valence-corrected chi connectivity index (χ0v) is 13.9. The first kappa shape index (κ1) is 17.4. The Labute approximate surface area is 128 Å². The van der Waals surface area contributed by atoms with Crippen molar-refractivity contribution < 1.29 is 4.79 Å². The van der Waals surface area contributed by atoms with Crippen molar-refractivity contribution in [2.24, 2.45) is 0 Å². The van der Waals surface area contributed by atoms with Crippen molar-refractivity contribution in [3.05, 3.63) is 16.1 Å². The van der Waals surface area contributed by atoms with Crippen LogP contribution in [0.2, 0.25) is 0 Å². The number of aromatic nitrogens is 1. The van der Waals surface area contributed by atoms with Gasteiger partial charge in [-0.15, -0.1) is 11.3 Å². The highest BCUT2D eigenvalue weighted by atomic mass is 32.1. The molecule has 0 aliphatic heterocycles. The Kier molecular flexibility index (Phi) is 9.56. The highest BCUT2D eigenvalue weighted by molar-refractivity contribution is 7.13. The highest BCUT2D eigenvalue weighted by Crippen LogP contribution is 2.16. The molecule has 1 aromatic rings. The van der Waals surface area contributed by atoms with Gasteiger partial charge in [-0.25, -0.2) is 4.98 Å². The number of carbonyl (C=O) groups excluding carboxylic acids is 1. The Morgan fingerprint density at radius 2 is 1.55 bits per heavy atom. The van der Waals surface area contributed by atoms with Gasteiger partial charge in [0.2, 0.25) is 0 Å². The SMILES string of the molecule is CCCCCCCCCCCCC(=O)c1cnc(C)s1. The lowest BCUT2D eigenvalue weighted by atomic mass is 10.0. The average molecular weight is 295 g/mol. The fourth-order valence-corrected chi connectivity index (χ4v) is 3.13. The van der Waals surface area contributed by atoms with Crippen LogP contribution in [0.5, 0.6) is 0 Å². The second-order valence-corrected chi connectivity index (χ2v) is 6.83. The van der Waals surface area contributed by atoms with E-state index in [9.17, 15) is 4.79 Å². The molecule has 0 bridgehead atoms. The number of hydrogen-bond acceptors (Lipinski definition) is 3. The molecule has 1 rings (SSSR count). The molecule has 20 heavy (non-hydrogen) atoms. The lowest BCUT2D eigenvalue weighted by Crippen LogP contribution is -1.95. The first-order valence-corrected chi connectivity index (χ1v) is 9.01. The van der Waals surface area contributed by atoms with E-state index in [1.54, 1.807) is 6.20 Å². The fourth-order valence-electron chi connectivity index (χ4n) is 2.39. The standard InChI is InChI=1S/C17H29NOS/c1-3-4-5-6-7-8-9-10-11-12-13-16(19)17-14-18-15(2)20-17/h14H,3-13H2,1-2H3. The Morgan fingerprint density at radius 1 is 1.00 bits per heavy atom. The number of carbonyl (C=O) groups is 1. The monoisotopic (exact) mass is 295 g/mol. The number of hydrogen-bond donors (Lipinski definition) is 0. The van der Waals surface area contributed by atoms with Crippen LogP contribution in [0.3, 0.4) is 0 Å². The summed E-state index contributed by atoms with van der Waals surface area (Å²) in [5.74, 6) is 0.273. The summed E-state index contributed by atoms with van der Waals surface area (Å²) in [6, 6.07) is 0. The van der Waals surface area contributed by atoms with Gasteiger partial charge >= 0.3 is 0 Å². The third kappa shape index (κ3) is 7.78. The van der Waals surface area contributed by atoms with E-state index in [1.807, 2.05) is 6.92 Å². The van der Waals surface area contributed by atoms with Gasteiger partial charge < -0.3 is 0 Å². The molecule has 0 aliphatic rings. The zero-order chi connectivity index (χ0) is 14.6. The van der Waals surface area contributed by atoms with Crippen LogP contribution in [0, 0.1) is 6.92 Å². The van der Waals surface area contributed by atoms with E-state index in [2.05, 4.69) is 11.9 Å². The molecule has 0 N–H and O–H groups in total. The molecule has 0 aliphatic carbocycles. The molecule has 0 amide bonds. The second kappa shape index (κ2) is 11.0. The lowest BCUT2D eigenvalue weighted by Gasteiger charge is -2.01. The van der Waals surface area contributed by atoms with Crippen LogP contribution in [0.15, 0.2) is 6.20 Å². The summed E-state index contributed by atoms with van der Waals surface area (Å²) in [5.41, 5.74) is 0. The van der Waals surface area contributed by atoms with E-state index in [4.69, 9.17) is 0 Å². The van der Waals surface area contributed by atoms with Gasteiger partial charge in [0.05, 0.1) is 9.88 Å². The van der Waals surface area contributed by atoms with Crippen LogP contribution in [0.1, 0.15) is 92.2 Å². The molecule has 0 spiro atoms. The second-order valence-electron chi connectivity index (χ2n) is 5.60. The van der Waals surface area contributed by atoms with Crippen LogP contribution in [0.4, 0.5) is 0 Å². The summed E-state index contributed by atoms with van der Waals surface area (Å²) in [6.45, 7) is 4.21. The number of unbranched alkanes of at least 4 members (excludes halogenated alkanes) is 9. The van der Waals surface area contributed by atoms with Gasteiger partial charge in [0.15, 0.2) is 5.78 Å².